The Kier molecular flexibility index (Phi) is 5.14. The number of fused-ring (bicyclic) bond motifs is 1. The molecule has 1 aromatic heterocycles. The first kappa shape index (κ1) is 16.8. The molecule has 5 heteroatoms. The number of benzene rings is 2. The van der Waals surface area contributed by atoms with Gasteiger partial charge in [-0.05, 0) is 24.1 Å². The number of hydrogen-bond donors (Lipinski definition) is 0. The number of ether oxygens (including phenoxy) is 2. The number of carbonyl (C=O) groups excluding carboxylic acids is 1. The third kappa shape index (κ3) is 3.88. The first-order valence-corrected chi connectivity index (χ1v) is 8.08. The molecular weight excluding hydrogens is 320 g/mol. The molecule has 3 aromatic rings. The number of esters is 1. The van der Waals surface area contributed by atoms with E-state index in [0.29, 0.717) is 28.9 Å². The summed E-state index contributed by atoms with van der Waals surface area (Å²) in [6, 6.07) is 14.2. The SMILES string of the molecule is CCCOC(=O)COc1ccc2c(=O)c(-c3ccccc3)coc2c1. The molecule has 5 nitrogen and oxygen atoms in total. The monoisotopic (exact) mass is 338 g/mol. The summed E-state index contributed by atoms with van der Waals surface area (Å²) in [5, 5.41) is 0.460. The van der Waals surface area contributed by atoms with Crippen LogP contribution in [0.15, 0.2) is 64.0 Å². The van der Waals surface area contributed by atoms with E-state index in [2.05, 4.69) is 0 Å². The van der Waals surface area contributed by atoms with Crippen LogP contribution in [0.3, 0.4) is 0 Å². The van der Waals surface area contributed by atoms with Gasteiger partial charge in [0.25, 0.3) is 0 Å². The van der Waals surface area contributed by atoms with Crippen molar-refractivity contribution in [2.24, 2.45) is 0 Å². The zero-order chi connectivity index (χ0) is 17.6. The maximum Gasteiger partial charge on any atom is 0.344 e. The molecule has 25 heavy (non-hydrogen) atoms. The predicted molar refractivity (Wildman–Crippen MR) is 94.7 cm³/mol. The molecule has 0 fully saturated rings. The molecule has 0 aliphatic heterocycles. The minimum absolute atomic E-state index is 0.110. The van der Waals surface area contributed by atoms with E-state index in [-0.39, 0.29) is 12.0 Å². The molecule has 0 aliphatic carbocycles. The van der Waals surface area contributed by atoms with Crippen LogP contribution in [-0.4, -0.2) is 19.2 Å². The predicted octanol–water partition coefficient (Wildman–Crippen LogP) is 3.79. The van der Waals surface area contributed by atoms with Crippen LogP contribution in [-0.2, 0) is 9.53 Å². The van der Waals surface area contributed by atoms with Crippen LogP contribution in [0.5, 0.6) is 5.75 Å². The van der Waals surface area contributed by atoms with Gasteiger partial charge in [-0.1, -0.05) is 37.3 Å². The Balaban J connectivity index is 1.83. The van der Waals surface area contributed by atoms with Crippen molar-refractivity contribution >= 4 is 16.9 Å². The Labute approximate surface area is 144 Å². The van der Waals surface area contributed by atoms with Crippen molar-refractivity contribution in [1.29, 1.82) is 0 Å². The normalized spacial score (nSPS) is 10.6. The maximum atomic E-state index is 12.6. The molecule has 0 spiro atoms. The minimum Gasteiger partial charge on any atom is -0.482 e. The zero-order valence-electron chi connectivity index (χ0n) is 13.9. The van der Waals surface area contributed by atoms with Crippen LogP contribution in [0, 0.1) is 0 Å². The highest BCUT2D eigenvalue weighted by Gasteiger charge is 2.10. The van der Waals surface area contributed by atoms with E-state index < -0.39 is 5.97 Å². The average molecular weight is 338 g/mol. The van der Waals surface area contributed by atoms with Crippen LogP contribution in [0.1, 0.15) is 13.3 Å². The maximum absolute atomic E-state index is 12.6. The van der Waals surface area contributed by atoms with E-state index in [1.165, 1.54) is 6.26 Å². The molecule has 3 rings (SSSR count). The van der Waals surface area contributed by atoms with Crippen molar-refractivity contribution in [2.45, 2.75) is 13.3 Å². The summed E-state index contributed by atoms with van der Waals surface area (Å²) in [5.74, 6) is 0.0133. The van der Waals surface area contributed by atoms with Gasteiger partial charge in [-0.3, -0.25) is 4.79 Å². The molecule has 128 valence electrons. The third-order valence-electron chi connectivity index (χ3n) is 3.65. The lowest BCUT2D eigenvalue weighted by atomic mass is 10.1. The second kappa shape index (κ2) is 7.66. The highest BCUT2D eigenvalue weighted by Crippen LogP contribution is 2.23. The lowest BCUT2D eigenvalue weighted by Gasteiger charge is -2.07. The average Bonchev–Trinajstić information content (AvgIpc) is 2.65. The van der Waals surface area contributed by atoms with Crippen LogP contribution in [0.2, 0.25) is 0 Å². The molecule has 0 aliphatic rings. The number of hydrogen-bond acceptors (Lipinski definition) is 5. The Bertz CT molecular complexity index is 928. The van der Waals surface area contributed by atoms with E-state index in [0.717, 1.165) is 12.0 Å². The molecule has 0 amide bonds. The van der Waals surface area contributed by atoms with Crippen molar-refractivity contribution in [1.82, 2.24) is 0 Å². The summed E-state index contributed by atoms with van der Waals surface area (Å²) >= 11 is 0. The summed E-state index contributed by atoms with van der Waals surface area (Å²) in [6.07, 6.45) is 2.20. The quantitative estimate of drug-likeness (QED) is 0.640. The van der Waals surface area contributed by atoms with Crippen molar-refractivity contribution < 1.29 is 18.7 Å². The van der Waals surface area contributed by atoms with E-state index in [4.69, 9.17) is 13.9 Å². The van der Waals surface area contributed by atoms with E-state index >= 15 is 0 Å². The minimum atomic E-state index is -0.428. The van der Waals surface area contributed by atoms with Gasteiger partial charge in [-0.15, -0.1) is 0 Å². The lowest BCUT2D eigenvalue weighted by Crippen LogP contribution is -2.15. The fourth-order valence-corrected chi connectivity index (χ4v) is 2.42. The molecule has 0 radical (unpaired) electrons. The molecule has 1 heterocycles. The van der Waals surface area contributed by atoms with Crippen molar-refractivity contribution in [3.63, 3.8) is 0 Å². The highest BCUT2D eigenvalue weighted by atomic mass is 16.6. The number of rotatable bonds is 6. The van der Waals surface area contributed by atoms with Gasteiger partial charge in [0.1, 0.15) is 17.6 Å². The van der Waals surface area contributed by atoms with Gasteiger partial charge in [-0.2, -0.15) is 0 Å². The summed E-state index contributed by atoms with van der Waals surface area (Å²) in [5.41, 5.74) is 1.60. The van der Waals surface area contributed by atoms with Crippen LogP contribution >= 0.6 is 0 Å². The van der Waals surface area contributed by atoms with Gasteiger partial charge in [0.05, 0.1) is 17.6 Å². The van der Waals surface area contributed by atoms with Gasteiger partial charge in [0.15, 0.2) is 12.0 Å². The first-order valence-electron chi connectivity index (χ1n) is 8.08. The fourth-order valence-electron chi connectivity index (χ4n) is 2.42. The Morgan fingerprint density at radius 3 is 2.68 bits per heavy atom. The van der Waals surface area contributed by atoms with Crippen molar-refractivity contribution in [2.75, 3.05) is 13.2 Å². The second-order valence-electron chi connectivity index (χ2n) is 5.51. The lowest BCUT2D eigenvalue weighted by molar-refractivity contribution is -0.146. The molecule has 0 unspecified atom stereocenters. The largest absolute Gasteiger partial charge is 0.482 e. The van der Waals surface area contributed by atoms with E-state index in [1.54, 1.807) is 18.2 Å². The molecule has 0 atom stereocenters. The van der Waals surface area contributed by atoms with Gasteiger partial charge in [0.2, 0.25) is 0 Å². The standard InChI is InChI=1S/C20H18O5/c1-2-10-23-19(21)13-24-15-8-9-16-18(11-15)25-12-17(20(16)22)14-6-4-3-5-7-14/h3-9,11-12H,2,10,13H2,1H3. The summed E-state index contributed by atoms with van der Waals surface area (Å²) < 4.78 is 15.9. The first-order chi connectivity index (χ1) is 12.2. The van der Waals surface area contributed by atoms with E-state index in [1.807, 2.05) is 37.3 Å². The van der Waals surface area contributed by atoms with E-state index in [9.17, 15) is 9.59 Å². The Morgan fingerprint density at radius 1 is 1.12 bits per heavy atom. The summed E-state index contributed by atoms with van der Waals surface area (Å²) in [6.45, 7) is 2.11. The van der Waals surface area contributed by atoms with Crippen LogP contribution in [0.25, 0.3) is 22.1 Å². The molecule has 2 aromatic carbocycles. The smallest absolute Gasteiger partial charge is 0.344 e. The highest BCUT2D eigenvalue weighted by molar-refractivity contribution is 5.82. The number of carbonyl (C=O) groups is 1. The Hall–Kier alpha value is -3.08. The summed E-state index contributed by atoms with van der Waals surface area (Å²) in [4.78, 5) is 24.1. The van der Waals surface area contributed by atoms with Gasteiger partial charge in [-0.25, -0.2) is 4.79 Å². The fraction of sp³-hybridized carbons (Fsp3) is 0.200. The van der Waals surface area contributed by atoms with Gasteiger partial charge >= 0.3 is 5.97 Å². The molecular formula is C20H18O5. The summed E-state index contributed by atoms with van der Waals surface area (Å²) in [7, 11) is 0. The molecule has 0 saturated heterocycles. The molecule has 0 N–H and O–H groups in total. The van der Waals surface area contributed by atoms with Gasteiger partial charge in [0, 0.05) is 6.07 Å². The zero-order valence-corrected chi connectivity index (χ0v) is 13.9. The Morgan fingerprint density at radius 2 is 1.92 bits per heavy atom. The second-order valence-corrected chi connectivity index (χ2v) is 5.51. The topological polar surface area (TPSA) is 65.7 Å². The third-order valence-corrected chi connectivity index (χ3v) is 3.65. The van der Waals surface area contributed by atoms with Crippen LogP contribution < -0.4 is 10.2 Å². The van der Waals surface area contributed by atoms with Crippen molar-refractivity contribution in [3.05, 3.63) is 65.0 Å². The van der Waals surface area contributed by atoms with Crippen molar-refractivity contribution in [3.8, 4) is 16.9 Å². The molecule has 0 bridgehead atoms. The van der Waals surface area contributed by atoms with Gasteiger partial charge < -0.3 is 13.9 Å². The van der Waals surface area contributed by atoms with Crippen LogP contribution in [0.4, 0.5) is 0 Å². The molecule has 0 saturated carbocycles.